The maximum atomic E-state index is 12.3. The Balaban J connectivity index is 3.30. The van der Waals surface area contributed by atoms with Gasteiger partial charge in [-0.25, -0.2) is 13.8 Å². The Morgan fingerprint density at radius 3 is 2.69 bits per heavy atom. The molecular formula is C7H7ClF2N2O. The third-order valence-electron chi connectivity index (χ3n) is 1.51. The van der Waals surface area contributed by atoms with Gasteiger partial charge in [-0.3, -0.25) is 0 Å². The number of nitrogen functional groups attached to an aromatic ring is 1. The van der Waals surface area contributed by atoms with Crippen LogP contribution < -0.4 is 5.73 Å². The smallest absolute Gasteiger partial charge is 0.267 e. The quantitative estimate of drug-likeness (QED) is 0.728. The minimum Gasteiger partial charge on any atom is -0.392 e. The number of halogens is 3. The molecule has 1 heterocycles. The molecular weight excluding hydrogens is 202 g/mol. The lowest BCUT2D eigenvalue weighted by atomic mass is 10.1. The molecule has 6 heteroatoms. The molecule has 3 nitrogen and oxygen atoms in total. The fourth-order valence-corrected chi connectivity index (χ4v) is 1.26. The van der Waals surface area contributed by atoms with Gasteiger partial charge in [0.15, 0.2) is 0 Å². The summed E-state index contributed by atoms with van der Waals surface area (Å²) in [6, 6.07) is 1.17. The molecule has 0 aliphatic heterocycles. The normalized spacial score (nSPS) is 10.8. The minimum atomic E-state index is -2.76. The summed E-state index contributed by atoms with van der Waals surface area (Å²) >= 11 is 5.43. The largest absolute Gasteiger partial charge is 0.392 e. The molecule has 0 amide bonds. The highest BCUT2D eigenvalue weighted by atomic mass is 35.5. The number of aliphatic hydroxyl groups excluding tert-OH is 1. The molecule has 3 N–H and O–H groups in total. The lowest BCUT2D eigenvalue weighted by Crippen LogP contribution is -2.01. The van der Waals surface area contributed by atoms with E-state index in [0.717, 1.165) is 0 Å². The third kappa shape index (κ3) is 2.05. The molecule has 0 saturated heterocycles. The van der Waals surface area contributed by atoms with Crippen LogP contribution in [0.3, 0.4) is 0 Å². The van der Waals surface area contributed by atoms with Crippen LogP contribution in [0.5, 0.6) is 0 Å². The van der Waals surface area contributed by atoms with E-state index in [1.54, 1.807) is 0 Å². The number of hydrogen-bond acceptors (Lipinski definition) is 3. The zero-order valence-electron chi connectivity index (χ0n) is 6.47. The Bertz CT molecular complexity index is 320. The first kappa shape index (κ1) is 10.1. The van der Waals surface area contributed by atoms with E-state index in [-0.39, 0.29) is 16.5 Å². The van der Waals surface area contributed by atoms with Gasteiger partial charge in [0.2, 0.25) is 0 Å². The number of pyridine rings is 1. The number of alkyl halides is 2. The van der Waals surface area contributed by atoms with Crippen molar-refractivity contribution in [2.24, 2.45) is 0 Å². The second-order valence-electron chi connectivity index (χ2n) is 2.37. The summed E-state index contributed by atoms with van der Waals surface area (Å²) in [6.07, 6.45) is -2.76. The number of nitrogens with zero attached hydrogens (tertiary/aromatic N) is 1. The predicted molar refractivity (Wildman–Crippen MR) is 44.5 cm³/mol. The van der Waals surface area contributed by atoms with E-state index in [1.165, 1.54) is 6.07 Å². The van der Waals surface area contributed by atoms with Crippen molar-refractivity contribution < 1.29 is 13.9 Å². The highest BCUT2D eigenvalue weighted by molar-refractivity contribution is 6.30. The van der Waals surface area contributed by atoms with Gasteiger partial charge in [0.05, 0.1) is 12.2 Å². The summed E-state index contributed by atoms with van der Waals surface area (Å²) in [5.41, 5.74) is 4.80. The molecule has 0 saturated carbocycles. The molecule has 0 spiro atoms. The maximum absolute atomic E-state index is 12.3. The van der Waals surface area contributed by atoms with Crippen molar-refractivity contribution in [3.05, 3.63) is 22.3 Å². The number of aliphatic hydroxyl groups is 1. The zero-order chi connectivity index (χ0) is 10.0. The van der Waals surface area contributed by atoms with Gasteiger partial charge in [-0.2, -0.15) is 0 Å². The van der Waals surface area contributed by atoms with E-state index in [4.69, 9.17) is 22.4 Å². The Kier molecular flexibility index (Phi) is 3.00. The summed E-state index contributed by atoms with van der Waals surface area (Å²) in [5.74, 6) is 0.0125. The van der Waals surface area contributed by atoms with Crippen molar-refractivity contribution in [3.63, 3.8) is 0 Å². The van der Waals surface area contributed by atoms with Gasteiger partial charge in [0, 0.05) is 0 Å². The molecule has 0 fully saturated rings. The van der Waals surface area contributed by atoms with Crippen LogP contribution in [0.1, 0.15) is 17.6 Å². The molecule has 1 aromatic rings. The number of rotatable bonds is 2. The number of hydrogen-bond donors (Lipinski definition) is 2. The first-order valence-corrected chi connectivity index (χ1v) is 3.78. The molecule has 0 atom stereocenters. The van der Waals surface area contributed by atoms with Crippen molar-refractivity contribution in [2.75, 3.05) is 5.73 Å². The van der Waals surface area contributed by atoms with Crippen LogP contribution in [0, 0.1) is 0 Å². The van der Waals surface area contributed by atoms with Crippen LogP contribution in [0.25, 0.3) is 0 Å². The first-order valence-electron chi connectivity index (χ1n) is 3.40. The second kappa shape index (κ2) is 3.85. The molecule has 1 rings (SSSR count). The zero-order valence-corrected chi connectivity index (χ0v) is 7.22. The van der Waals surface area contributed by atoms with Crippen LogP contribution in [0.4, 0.5) is 14.6 Å². The van der Waals surface area contributed by atoms with Gasteiger partial charge < -0.3 is 10.8 Å². The summed E-state index contributed by atoms with van der Waals surface area (Å²) < 4.78 is 24.7. The molecule has 0 bridgehead atoms. The molecule has 0 aliphatic rings. The minimum absolute atomic E-state index is 0.00694. The van der Waals surface area contributed by atoms with E-state index < -0.39 is 18.6 Å². The maximum Gasteiger partial charge on any atom is 0.267 e. The number of nitrogens with two attached hydrogens (primary N) is 1. The summed E-state index contributed by atoms with van der Waals surface area (Å²) in [5, 5.41) is 8.38. The van der Waals surface area contributed by atoms with E-state index in [0.29, 0.717) is 0 Å². The van der Waals surface area contributed by atoms with E-state index in [9.17, 15) is 8.78 Å². The van der Waals surface area contributed by atoms with E-state index in [1.807, 2.05) is 0 Å². The van der Waals surface area contributed by atoms with Crippen molar-refractivity contribution in [3.8, 4) is 0 Å². The SMILES string of the molecule is Nc1cc(CO)c(C(F)F)c(Cl)n1. The monoisotopic (exact) mass is 208 g/mol. The second-order valence-corrected chi connectivity index (χ2v) is 2.73. The van der Waals surface area contributed by atoms with Gasteiger partial charge in [0.1, 0.15) is 11.0 Å². The first-order chi connectivity index (χ1) is 6.06. The van der Waals surface area contributed by atoms with Gasteiger partial charge >= 0.3 is 0 Å². The van der Waals surface area contributed by atoms with Gasteiger partial charge in [-0.05, 0) is 11.6 Å². The van der Waals surface area contributed by atoms with Crippen LogP contribution >= 0.6 is 11.6 Å². The fraction of sp³-hybridized carbons (Fsp3) is 0.286. The topological polar surface area (TPSA) is 59.1 Å². The highest BCUT2D eigenvalue weighted by Gasteiger charge is 2.18. The lowest BCUT2D eigenvalue weighted by molar-refractivity contribution is 0.147. The van der Waals surface area contributed by atoms with Crippen molar-refractivity contribution in [1.82, 2.24) is 4.98 Å². The average molecular weight is 209 g/mol. The van der Waals surface area contributed by atoms with Crippen molar-refractivity contribution in [2.45, 2.75) is 13.0 Å². The highest BCUT2D eigenvalue weighted by Crippen LogP contribution is 2.30. The van der Waals surface area contributed by atoms with Crippen molar-refractivity contribution in [1.29, 1.82) is 0 Å². The van der Waals surface area contributed by atoms with Crippen LogP contribution in [0.2, 0.25) is 5.15 Å². The van der Waals surface area contributed by atoms with E-state index >= 15 is 0 Å². The van der Waals surface area contributed by atoms with Gasteiger partial charge in [-0.1, -0.05) is 11.6 Å². The molecule has 0 aliphatic carbocycles. The number of aromatic nitrogens is 1. The summed E-state index contributed by atoms with van der Waals surface area (Å²) in [7, 11) is 0. The molecule has 0 radical (unpaired) electrons. The van der Waals surface area contributed by atoms with Crippen LogP contribution in [-0.4, -0.2) is 10.1 Å². The lowest BCUT2D eigenvalue weighted by Gasteiger charge is -2.08. The van der Waals surface area contributed by atoms with Gasteiger partial charge in [-0.15, -0.1) is 0 Å². The number of anilines is 1. The van der Waals surface area contributed by atoms with Crippen LogP contribution in [0.15, 0.2) is 6.07 Å². The molecule has 0 aromatic carbocycles. The van der Waals surface area contributed by atoms with Crippen LogP contribution in [-0.2, 0) is 6.61 Å². The standard InChI is InChI=1S/C7H7ClF2N2O/c8-6-5(7(9)10)3(2-13)1-4(11)12-6/h1,7,13H,2H2,(H2,11,12). The predicted octanol–water partition coefficient (Wildman–Crippen LogP) is 1.75. The summed E-state index contributed by atoms with van der Waals surface area (Å²) in [6.45, 7) is -0.536. The molecule has 0 unspecified atom stereocenters. The molecule has 72 valence electrons. The molecule has 1 aromatic heterocycles. The Hall–Kier alpha value is -0.940. The fourth-order valence-electron chi connectivity index (χ4n) is 0.956. The Labute approximate surface area is 78.1 Å². The summed E-state index contributed by atoms with van der Waals surface area (Å²) in [4.78, 5) is 3.46. The van der Waals surface area contributed by atoms with Crippen molar-refractivity contribution >= 4 is 17.4 Å². The Morgan fingerprint density at radius 2 is 2.23 bits per heavy atom. The third-order valence-corrected chi connectivity index (χ3v) is 1.79. The van der Waals surface area contributed by atoms with E-state index in [2.05, 4.69) is 4.98 Å². The Morgan fingerprint density at radius 1 is 1.62 bits per heavy atom. The average Bonchev–Trinajstić information content (AvgIpc) is 2.01. The molecule has 13 heavy (non-hydrogen) atoms. The van der Waals surface area contributed by atoms with Gasteiger partial charge in [0.25, 0.3) is 6.43 Å².